The first-order valence-corrected chi connectivity index (χ1v) is 23.2. The second kappa shape index (κ2) is 15.2. The Hall–Kier alpha value is -4.24. The lowest BCUT2D eigenvalue weighted by atomic mass is 9.46. The van der Waals surface area contributed by atoms with Crippen LogP contribution in [-0.4, -0.2) is 102 Å². The van der Waals surface area contributed by atoms with Crippen LogP contribution in [0, 0.1) is 69.0 Å². The van der Waals surface area contributed by atoms with Crippen LogP contribution in [0.5, 0.6) is 0 Å². The summed E-state index contributed by atoms with van der Waals surface area (Å²) >= 11 is 0. The molecule has 3 amide bonds. The highest BCUT2D eigenvalue weighted by atomic mass is 16.6. The number of aromatic carboxylic acids is 1. The smallest absolute Gasteiger partial charge is 0.408 e. The number of alkyl carbamates (subject to hydrolysis) is 1. The molecule has 10 aliphatic carbocycles. The monoisotopic (exact) mass is 852 g/mol. The third kappa shape index (κ3) is 7.98. The lowest BCUT2D eigenvalue weighted by molar-refractivity contribution is -0.180. The van der Waals surface area contributed by atoms with Gasteiger partial charge in [-0.25, -0.2) is 9.59 Å². The maximum absolute atomic E-state index is 13.9. The first kappa shape index (κ1) is 43.0. The van der Waals surface area contributed by atoms with Crippen molar-refractivity contribution in [3.63, 3.8) is 0 Å². The van der Waals surface area contributed by atoms with Gasteiger partial charge in [0.05, 0.1) is 34.9 Å². The number of aliphatic hydroxyl groups is 2. The molecule has 2 aliphatic heterocycles. The summed E-state index contributed by atoms with van der Waals surface area (Å²) in [6, 6.07) is 11.3. The molecule has 2 saturated heterocycles. The molecule has 1 aromatic rings. The van der Waals surface area contributed by atoms with Crippen LogP contribution < -0.4 is 11.1 Å². The molecule has 12 aliphatic rings. The van der Waals surface area contributed by atoms with Gasteiger partial charge in [-0.15, -0.1) is 0 Å². The van der Waals surface area contributed by atoms with Gasteiger partial charge in [0.15, 0.2) is 0 Å². The Labute approximate surface area is 364 Å². The summed E-state index contributed by atoms with van der Waals surface area (Å²) in [6.07, 6.45) is 13.5. The lowest BCUT2D eigenvalue weighted by Gasteiger charge is -2.62. The third-order valence-electron chi connectivity index (χ3n) is 16.6. The Morgan fingerprint density at radius 2 is 1.18 bits per heavy atom. The van der Waals surface area contributed by atoms with Crippen LogP contribution in [0.25, 0.3) is 0 Å². The number of carbonyl (C=O) groups excluding carboxylic acids is 3. The van der Waals surface area contributed by atoms with E-state index in [9.17, 15) is 39.9 Å². The van der Waals surface area contributed by atoms with Crippen molar-refractivity contribution >= 4 is 23.9 Å². The first-order chi connectivity index (χ1) is 29.2. The Morgan fingerprint density at radius 1 is 0.726 bits per heavy atom. The average Bonchev–Trinajstić information content (AvgIpc) is 4.06. The van der Waals surface area contributed by atoms with E-state index in [1.807, 2.05) is 0 Å². The zero-order valence-electron chi connectivity index (χ0n) is 36.4. The Kier molecular flexibility index (Phi) is 10.5. The fourth-order valence-electron chi connectivity index (χ4n) is 15.1. The SMILES string of the molecule is CC(C)(C)OC(=O)NC(C(=O)N1[C@H](C#N)C[C@@H]2C[C@@H]21)C12CC3CC(CC(O)(C3)C1)C2.N#C[C@@H]1C[C@@H]2C[C@@H]2N1C(=O)C(N)C12CC3CC(CC(O)(C3)C1)C2.O=C(O)c1ccccc1. The minimum atomic E-state index is -0.879. The zero-order chi connectivity index (χ0) is 44.1. The van der Waals surface area contributed by atoms with Crippen molar-refractivity contribution in [1.82, 2.24) is 15.1 Å². The second-order valence-electron chi connectivity index (χ2n) is 22.7. The van der Waals surface area contributed by atoms with E-state index in [1.54, 1.807) is 60.9 Å². The third-order valence-corrected chi connectivity index (χ3v) is 16.6. The van der Waals surface area contributed by atoms with Crippen molar-refractivity contribution in [2.75, 3.05) is 0 Å². The van der Waals surface area contributed by atoms with Crippen LogP contribution in [-0.2, 0) is 14.3 Å². The normalized spacial score (nSPS) is 42.6. The maximum atomic E-state index is 13.9. The van der Waals surface area contributed by atoms with Crippen molar-refractivity contribution in [1.29, 1.82) is 10.5 Å². The Balaban J connectivity index is 0.000000135. The molecule has 10 saturated carbocycles. The van der Waals surface area contributed by atoms with Gasteiger partial charge in [-0.05, 0) is 177 Å². The van der Waals surface area contributed by atoms with Crippen LogP contribution in [0.4, 0.5) is 4.79 Å². The standard InChI is InChI=1S/C23H33N3O4.C18H25N3O2.C7H6O2/c1-21(2,3)30-20(28)25-18(19(27)26-16(11-24)5-15-6-17(15)26)22-7-13-4-14(8-22)10-23(29,9-13)12-22;19-8-13-2-12-3-14(12)21(13)16(22)15(20)17-4-10-1-11(5-17)7-18(23,6-10)9-17;8-7(9)6-4-2-1-3-5-6/h13-18,29H,4-10,12H2,1-3H3,(H,25,28);10-15,23H,1-7,9,20H2;1-5H,(H,8,9)/t13?,14?,15-,16+,17+,18?,22?,23?;10?,11?,12-,13+,14+,15?,17?,18?;/m11./s1. The number of carboxylic acid groups (broad SMARTS) is 1. The molecular weight excluding hydrogens is 789 g/mol. The van der Waals surface area contributed by atoms with Gasteiger partial charge in [0.1, 0.15) is 23.7 Å². The number of fused-ring (bicyclic) bond motifs is 2. The molecule has 14 nitrogen and oxygen atoms in total. The number of nitrogens with one attached hydrogen (secondary N) is 1. The summed E-state index contributed by atoms with van der Waals surface area (Å²) in [6.45, 7) is 5.41. The van der Waals surface area contributed by atoms with Gasteiger partial charge in [-0.3, -0.25) is 9.59 Å². The number of amides is 3. The summed E-state index contributed by atoms with van der Waals surface area (Å²) < 4.78 is 5.51. The van der Waals surface area contributed by atoms with Crippen molar-refractivity contribution in [3.05, 3.63) is 35.9 Å². The molecule has 6 unspecified atom stereocenters. The van der Waals surface area contributed by atoms with Gasteiger partial charge in [-0.1, -0.05) is 18.2 Å². The zero-order valence-corrected chi connectivity index (χ0v) is 36.4. The molecule has 8 bridgehead atoms. The summed E-state index contributed by atoms with van der Waals surface area (Å²) in [4.78, 5) is 53.6. The fourth-order valence-corrected chi connectivity index (χ4v) is 15.1. The molecule has 62 heavy (non-hydrogen) atoms. The van der Waals surface area contributed by atoms with Crippen LogP contribution >= 0.6 is 0 Å². The quantitative estimate of drug-likeness (QED) is 0.248. The van der Waals surface area contributed by atoms with Crippen molar-refractivity contribution < 1.29 is 39.2 Å². The molecule has 6 N–H and O–H groups in total. The number of hydrogen-bond acceptors (Lipinski definition) is 10. The van der Waals surface area contributed by atoms with E-state index >= 15 is 0 Å². The molecule has 0 aromatic heterocycles. The summed E-state index contributed by atoms with van der Waals surface area (Å²) in [5.74, 6) is 1.73. The number of nitrogens with two attached hydrogens (primary N) is 1. The molecule has 1 aromatic carbocycles. The molecule has 334 valence electrons. The summed E-state index contributed by atoms with van der Waals surface area (Å²) in [5, 5.41) is 52.4. The number of carbonyl (C=O) groups is 4. The number of benzene rings is 1. The lowest BCUT2D eigenvalue weighted by Crippen LogP contribution is -2.66. The number of piperidine rings is 2. The Morgan fingerprint density at radius 3 is 1.60 bits per heavy atom. The molecule has 14 heteroatoms. The van der Waals surface area contributed by atoms with Crippen LogP contribution in [0.3, 0.4) is 0 Å². The molecule has 0 radical (unpaired) electrons. The molecule has 2 heterocycles. The van der Waals surface area contributed by atoms with Gasteiger partial charge < -0.3 is 40.9 Å². The first-order valence-electron chi connectivity index (χ1n) is 23.2. The highest BCUT2D eigenvalue weighted by Gasteiger charge is 2.65. The number of likely N-dealkylation sites (tertiary alicyclic amines) is 2. The van der Waals surface area contributed by atoms with E-state index in [2.05, 4.69) is 17.5 Å². The second-order valence-corrected chi connectivity index (χ2v) is 22.7. The van der Waals surface area contributed by atoms with Gasteiger partial charge in [0, 0.05) is 17.5 Å². The number of ether oxygens (including phenoxy) is 1. The molecule has 12 atom stereocenters. The van der Waals surface area contributed by atoms with Gasteiger partial charge in [-0.2, -0.15) is 10.5 Å². The minimum Gasteiger partial charge on any atom is -0.478 e. The van der Waals surface area contributed by atoms with E-state index in [1.165, 1.54) is 6.42 Å². The molecule has 12 fully saturated rings. The van der Waals surface area contributed by atoms with Gasteiger partial charge >= 0.3 is 12.1 Å². The number of carboxylic acids is 1. The topological polar surface area (TPSA) is 230 Å². The Bertz CT molecular complexity index is 2030. The molecule has 13 rings (SSSR count). The highest BCUT2D eigenvalue weighted by molar-refractivity contribution is 5.88. The van der Waals surface area contributed by atoms with Crippen LogP contribution in [0.2, 0.25) is 0 Å². The van der Waals surface area contributed by atoms with Crippen molar-refractivity contribution in [2.24, 2.45) is 52.1 Å². The highest BCUT2D eigenvalue weighted by Crippen LogP contribution is 2.65. The number of nitriles is 2. The van der Waals surface area contributed by atoms with Crippen molar-refractivity contribution in [3.8, 4) is 12.1 Å². The summed E-state index contributed by atoms with van der Waals surface area (Å²) in [7, 11) is 0. The average molecular weight is 853 g/mol. The van der Waals surface area contributed by atoms with E-state index in [4.69, 9.17) is 15.6 Å². The van der Waals surface area contributed by atoms with Gasteiger partial charge in [0.25, 0.3) is 0 Å². The summed E-state index contributed by atoms with van der Waals surface area (Å²) in [5.41, 5.74) is 4.19. The van der Waals surface area contributed by atoms with E-state index < -0.39 is 52.4 Å². The van der Waals surface area contributed by atoms with Crippen molar-refractivity contribution in [2.45, 2.75) is 177 Å². The molecule has 0 spiro atoms. The molecular formula is C48H64N6O8. The number of rotatable bonds is 6. The van der Waals surface area contributed by atoms with Gasteiger partial charge in [0.2, 0.25) is 11.8 Å². The fraction of sp³-hybridized carbons (Fsp3) is 0.750. The number of nitrogens with zero attached hydrogens (tertiary/aromatic N) is 4. The predicted octanol–water partition coefficient (Wildman–Crippen LogP) is 5.27. The van der Waals surface area contributed by atoms with E-state index in [0.717, 1.165) is 83.5 Å². The van der Waals surface area contributed by atoms with Crippen LogP contribution in [0.1, 0.15) is 134 Å². The van der Waals surface area contributed by atoms with Crippen LogP contribution in [0.15, 0.2) is 30.3 Å². The minimum absolute atomic E-state index is 0.0212. The predicted molar refractivity (Wildman–Crippen MR) is 224 cm³/mol. The van der Waals surface area contributed by atoms with E-state index in [0.29, 0.717) is 53.9 Å². The number of hydrogen-bond donors (Lipinski definition) is 5. The van der Waals surface area contributed by atoms with E-state index in [-0.39, 0.29) is 35.4 Å². The largest absolute Gasteiger partial charge is 0.478 e. The maximum Gasteiger partial charge on any atom is 0.408 e.